The lowest BCUT2D eigenvalue weighted by molar-refractivity contribution is -0.116. The maximum Gasteiger partial charge on any atom is 0.243 e. The zero-order chi connectivity index (χ0) is 17.8. The van der Waals surface area contributed by atoms with Gasteiger partial charge in [0.1, 0.15) is 0 Å². The number of carbonyl (C=O) groups is 1. The lowest BCUT2D eigenvalue weighted by Crippen LogP contribution is -2.45. The first kappa shape index (κ1) is 18.7. The minimum absolute atomic E-state index is 0.0970. The number of carbonyl (C=O) groups excluding carboxylic acids is 1. The number of nitrogens with one attached hydrogen (secondary N) is 1. The molecule has 4 bridgehead atoms. The molecule has 0 unspecified atom stereocenters. The molecule has 2 nitrogen and oxygen atoms in total. The molecule has 0 aromatic rings. The molecule has 4 aliphatic rings. The van der Waals surface area contributed by atoms with Gasteiger partial charge in [0.25, 0.3) is 0 Å². The predicted molar refractivity (Wildman–Crippen MR) is 105 cm³/mol. The van der Waals surface area contributed by atoms with E-state index in [1.165, 1.54) is 49.7 Å². The molecule has 0 radical (unpaired) electrons. The highest BCUT2D eigenvalue weighted by atomic mass is 16.1. The van der Waals surface area contributed by atoms with Gasteiger partial charge in [0.15, 0.2) is 0 Å². The average molecular weight is 344 g/mol. The predicted octanol–water partition coefficient (Wildman–Crippen LogP) is 5.65. The van der Waals surface area contributed by atoms with Crippen LogP contribution < -0.4 is 5.32 Å². The first-order valence-electron chi connectivity index (χ1n) is 10.6. The SMILES string of the molecule is CC(C)=CCC/C(C)=C/C(=O)NCCCC1C2CC3CC(C2)CC1C3. The van der Waals surface area contributed by atoms with E-state index in [0.29, 0.717) is 0 Å². The van der Waals surface area contributed by atoms with Gasteiger partial charge in [-0.15, -0.1) is 0 Å². The van der Waals surface area contributed by atoms with Gasteiger partial charge < -0.3 is 5.32 Å². The Morgan fingerprint density at radius 2 is 1.64 bits per heavy atom. The van der Waals surface area contributed by atoms with E-state index in [1.807, 2.05) is 0 Å². The monoisotopic (exact) mass is 343 g/mol. The molecule has 0 heterocycles. The Bertz CT molecular complexity index is 498. The van der Waals surface area contributed by atoms with Crippen LogP contribution in [0.5, 0.6) is 0 Å². The van der Waals surface area contributed by atoms with Crippen LogP contribution in [0, 0.1) is 29.6 Å². The first-order valence-corrected chi connectivity index (χ1v) is 10.6. The van der Waals surface area contributed by atoms with Crippen molar-refractivity contribution in [2.75, 3.05) is 6.54 Å². The summed E-state index contributed by atoms with van der Waals surface area (Å²) in [6.07, 6.45) is 16.1. The minimum Gasteiger partial charge on any atom is -0.353 e. The molecule has 2 heteroatoms. The van der Waals surface area contributed by atoms with Crippen molar-refractivity contribution in [2.24, 2.45) is 29.6 Å². The zero-order valence-electron chi connectivity index (χ0n) is 16.5. The van der Waals surface area contributed by atoms with Gasteiger partial charge in [-0.1, -0.05) is 17.2 Å². The second-order valence-corrected chi connectivity index (χ2v) is 9.34. The van der Waals surface area contributed by atoms with Crippen LogP contribution in [0.3, 0.4) is 0 Å². The van der Waals surface area contributed by atoms with Gasteiger partial charge in [-0.25, -0.2) is 0 Å². The summed E-state index contributed by atoms with van der Waals surface area (Å²) < 4.78 is 0. The Balaban J connectivity index is 1.33. The largest absolute Gasteiger partial charge is 0.353 e. The molecule has 4 fully saturated rings. The summed E-state index contributed by atoms with van der Waals surface area (Å²) in [5.41, 5.74) is 2.53. The van der Waals surface area contributed by atoms with Crippen LogP contribution in [0.4, 0.5) is 0 Å². The van der Waals surface area contributed by atoms with Crippen molar-refractivity contribution in [3.05, 3.63) is 23.3 Å². The highest BCUT2D eigenvalue weighted by Gasteiger charge is 2.47. The van der Waals surface area contributed by atoms with Crippen LogP contribution in [0.2, 0.25) is 0 Å². The molecular formula is C23H37NO. The minimum atomic E-state index is 0.0970. The average Bonchev–Trinajstić information content (AvgIpc) is 2.52. The molecule has 4 aliphatic carbocycles. The van der Waals surface area contributed by atoms with Gasteiger partial charge >= 0.3 is 0 Å². The van der Waals surface area contributed by atoms with Crippen LogP contribution in [0.1, 0.15) is 78.6 Å². The molecule has 4 rings (SSSR count). The maximum atomic E-state index is 12.0. The summed E-state index contributed by atoms with van der Waals surface area (Å²) in [6.45, 7) is 7.15. The third-order valence-electron chi connectivity index (χ3n) is 6.90. The zero-order valence-corrected chi connectivity index (χ0v) is 16.5. The first-order chi connectivity index (χ1) is 12.0. The molecular weight excluding hydrogens is 306 g/mol. The number of rotatable bonds is 8. The van der Waals surface area contributed by atoms with E-state index in [2.05, 4.69) is 32.2 Å². The summed E-state index contributed by atoms with van der Waals surface area (Å²) in [5.74, 6) is 5.23. The molecule has 4 saturated carbocycles. The Kier molecular flexibility index (Phi) is 6.41. The highest BCUT2D eigenvalue weighted by molar-refractivity contribution is 5.88. The maximum absolute atomic E-state index is 12.0. The smallest absolute Gasteiger partial charge is 0.243 e. The topological polar surface area (TPSA) is 29.1 Å². The van der Waals surface area contributed by atoms with E-state index >= 15 is 0 Å². The fourth-order valence-corrected chi connectivity index (χ4v) is 5.99. The molecule has 1 amide bonds. The number of hydrogen-bond acceptors (Lipinski definition) is 1. The summed E-state index contributed by atoms with van der Waals surface area (Å²) in [6, 6.07) is 0. The molecule has 25 heavy (non-hydrogen) atoms. The van der Waals surface area contributed by atoms with Gasteiger partial charge in [0.05, 0.1) is 0 Å². The Morgan fingerprint density at radius 1 is 1.00 bits per heavy atom. The van der Waals surface area contributed by atoms with Crippen LogP contribution >= 0.6 is 0 Å². The number of hydrogen-bond donors (Lipinski definition) is 1. The molecule has 0 saturated heterocycles. The molecule has 0 aromatic carbocycles. The van der Waals surface area contributed by atoms with Gasteiger partial charge in [-0.3, -0.25) is 4.79 Å². The van der Waals surface area contributed by atoms with Gasteiger partial charge in [0.2, 0.25) is 5.91 Å². The van der Waals surface area contributed by atoms with E-state index in [-0.39, 0.29) is 5.91 Å². The standard InChI is InChI=1S/C23H37NO/c1-16(2)6-4-7-17(3)10-23(25)24-9-5-8-22-20-12-18-11-19(14-20)15-21(22)13-18/h6,10,18-22H,4-5,7-9,11-15H2,1-3H3,(H,24,25)/b17-10+. The quantitative estimate of drug-likeness (QED) is 0.344. The van der Waals surface area contributed by atoms with Crippen molar-refractivity contribution < 1.29 is 4.79 Å². The van der Waals surface area contributed by atoms with Crippen molar-refractivity contribution in [2.45, 2.75) is 78.6 Å². The van der Waals surface area contributed by atoms with Crippen molar-refractivity contribution in [1.29, 1.82) is 0 Å². The molecule has 0 spiro atoms. The van der Waals surface area contributed by atoms with E-state index in [4.69, 9.17) is 0 Å². The van der Waals surface area contributed by atoms with Crippen molar-refractivity contribution in [1.82, 2.24) is 5.32 Å². The van der Waals surface area contributed by atoms with Crippen molar-refractivity contribution >= 4 is 5.91 Å². The van der Waals surface area contributed by atoms with Crippen molar-refractivity contribution in [3.63, 3.8) is 0 Å². The van der Waals surface area contributed by atoms with Crippen molar-refractivity contribution in [3.8, 4) is 0 Å². The van der Waals surface area contributed by atoms with E-state index in [9.17, 15) is 4.79 Å². The van der Waals surface area contributed by atoms with E-state index < -0.39 is 0 Å². The Morgan fingerprint density at radius 3 is 2.24 bits per heavy atom. The summed E-state index contributed by atoms with van der Waals surface area (Å²) >= 11 is 0. The van der Waals surface area contributed by atoms with E-state index in [0.717, 1.165) is 55.4 Å². The van der Waals surface area contributed by atoms with Gasteiger partial charge in [-0.2, -0.15) is 0 Å². The molecule has 140 valence electrons. The Hall–Kier alpha value is -1.05. The number of allylic oxidation sites excluding steroid dienone is 3. The van der Waals surface area contributed by atoms with Crippen LogP contribution in [0.15, 0.2) is 23.3 Å². The fourth-order valence-electron chi connectivity index (χ4n) is 5.99. The molecule has 0 aliphatic heterocycles. The van der Waals surface area contributed by atoms with Crippen LogP contribution in [-0.2, 0) is 4.79 Å². The third-order valence-corrected chi connectivity index (χ3v) is 6.90. The third kappa shape index (κ3) is 5.21. The second kappa shape index (κ2) is 8.56. The second-order valence-electron chi connectivity index (χ2n) is 9.34. The summed E-state index contributed by atoms with van der Waals surface area (Å²) in [5, 5.41) is 3.10. The van der Waals surface area contributed by atoms with Gasteiger partial charge in [-0.05, 0) is 108 Å². The van der Waals surface area contributed by atoms with E-state index in [1.54, 1.807) is 6.08 Å². The summed E-state index contributed by atoms with van der Waals surface area (Å²) in [7, 11) is 0. The Labute approximate surface area is 154 Å². The van der Waals surface area contributed by atoms with Crippen LogP contribution in [-0.4, -0.2) is 12.5 Å². The fraction of sp³-hybridized carbons (Fsp3) is 0.783. The lowest BCUT2D eigenvalue weighted by atomic mass is 9.51. The molecule has 0 aromatic heterocycles. The van der Waals surface area contributed by atoms with Crippen LogP contribution in [0.25, 0.3) is 0 Å². The number of amides is 1. The normalized spacial score (nSPS) is 33.4. The van der Waals surface area contributed by atoms with Gasteiger partial charge in [0, 0.05) is 12.6 Å². The summed E-state index contributed by atoms with van der Waals surface area (Å²) in [4.78, 5) is 12.0. The highest BCUT2D eigenvalue weighted by Crippen LogP contribution is 2.57. The molecule has 1 N–H and O–H groups in total. The lowest BCUT2D eigenvalue weighted by Gasteiger charge is -2.54. The molecule has 0 atom stereocenters.